The summed E-state index contributed by atoms with van der Waals surface area (Å²) in [5.74, 6) is 1.28. The molecule has 1 aliphatic carbocycles. The first-order valence-corrected chi connectivity index (χ1v) is 9.18. The van der Waals surface area contributed by atoms with Crippen LogP contribution < -0.4 is 4.74 Å². The first kappa shape index (κ1) is 20.3. The van der Waals surface area contributed by atoms with Crippen LogP contribution in [0.4, 0.5) is 0 Å². The number of ether oxygens (including phenoxy) is 1. The molecule has 1 N–H and O–H groups in total. The number of hydrogen-bond acceptors (Lipinski definition) is 3. The maximum Gasteiger partial charge on any atom is 0.225 e. The smallest absolute Gasteiger partial charge is 0.225 e. The molecule has 0 radical (unpaired) electrons. The molecule has 0 saturated heterocycles. The molecule has 1 amide bonds. The van der Waals surface area contributed by atoms with E-state index in [4.69, 9.17) is 4.74 Å². The van der Waals surface area contributed by atoms with E-state index in [9.17, 15) is 4.79 Å². The number of amides is 1. The number of rotatable bonds is 8. The van der Waals surface area contributed by atoms with Gasteiger partial charge < -0.3 is 14.6 Å². The second kappa shape index (κ2) is 10.2. The minimum Gasteiger partial charge on any atom is -0.494 e. The predicted octanol–water partition coefficient (Wildman–Crippen LogP) is 3.89. The van der Waals surface area contributed by atoms with Crippen molar-refractivity contribution in [2.24, 2.45) is 5.92 Å². The van der Waals surface area contributed by atoms with Crippen molar-refractivity contribution in [2.75, 3.05) is 20.2 Å². The third-order valence-electron chi connectivity index (χ3n) is 4.86. The van der Waals surface area contributed by atoms with E-state index in [1.165, 1.54) is 0 Å². The van der Waals surface area contributed by atoms with Gasteiger partial charge in [-0.3, -0.25) is 4.79 Å². The lowest BCUT2D eigenvalue weighted by molar-refractivity contribution is -0.134. The zero-order valence-corrected chi connectivity index (χ0v) is 16.1. The zero-order valence-electron chi connectivity index (χ0n) is 15.3. The highest BCUT2D eigenvalue weighted by Crippen LogP contribution is 2.24. The number of halogens is 1. The van der Waals surface area contributed by atoms with Crippen LogP contribution in [-0.2, 0) is 17.6 Å². The first-order valence-electron chi connectivity index (χ1n) is 9.18. The van der Waals surface area contributed by atoms with Gasteiger partial charge in [0, 0.05) is 33.1 Å². The van der Waals surface area contributed by atoms with Crippen LogP contribution in [0.15, 0.2) is 36.7 Å². The molecule has 6 heteroatoms. The quantitative estimate of drug-likeness (QED) is 0.708. The van der Waals surface area contributed by atoms with Gasteiger partial charge in [0.25, 0.3) is 0 Å². The highest BCUT2D eigenvalue weighted by atomic mass is 35.5. The van der Waals surface area contributed by atoms with E-state index in [0.29, 0.717) is 0 Å². The SMILES string of the molecule is CN(CCCCCOc1ccccc1)C(=O)C1CCc2nc[nH]c2C1.Cl.[HH]. The Hall–Kier alpha value is -2.01. The van der Waals surface area contributed by atoms with E-state index >= 15 is 0 Å². The highest BCUT2D eigenvalue weighted by Gasteiger charge is 2.27. The van der Waals surface area contributed by atoms with Crippen molar-refractivity contribution in [3.05, 3.63) is 48.0 Å². The average Bonchev–Trinajstić information content (AvgIpc) is 3.12. The number of carbonyl (C=O) groups is 1. The number of nitrogens with zero attached hydrogens (tertiary/aromatic N) is 2. The van der Waals surface area contributed by atoms with Crippen LogP contribution in [0.1, 0.15) is 38.5 Å². The number of fused-ring (bicyclic) bond motifs is 1. The van der Waals surface area contributed by atoms with Gasteiger partial charge in [-0.2, -0.15) is 0 Å². The summed E-state index contributed by atoms with van der Waals surface area (Å²) in [5, 5.41) is 0. The van der Waals surface area contributed by atoms with Gasteiger partial charge in [-0.1, -0.05) is 18.2 Å². The molecule has 1 unspecified atom stereocenters. The molecular formula is C20H30ClN3O2. The van der Waals surface area contributed by atoms with Gasteiger partial charge in [0.15, 0.2) is 0 Å². The number of aryl methyl sites for hydroxylation is 1. The molecule has 1 aliphatic rings. The molecule has 1 aromatic heterocycles. The maximum absolute atomic E-state index is 12.6. The van der Waals surface area contributed by atoms with Gasteiger partial charge >= 0.3 is 0 Å². The average molecular weight is 380 g/mol. The van der Waals surface area contributed by atoms with Crippen molar-refractivity contribution < 1.29 is 11.0 Å². The highest BCUT2D eigenvalue weighted by molar-refractivity contribution is 5.85. The molecule has 26 heavy (non-hydrogen) atoms. The number of benzene rings is 1. The summed E-state index contributed by atoms with van der Waals surface area (Å²) < 4.78 is 5.69. The Labute approximate surface area is 163 Å². The Balaban J connectivity index is 0.00000182. The van der Waals surface area contributed by atoms with Crippen LogP contribution in [-0.4, -0.2) is 41.0 Å². The molecule has 5 nitrogen and oxygen atoms in total. The molecule has 0 spiro atoms. The number of unbranched alkanes of at least 4 members (excludes halogenated alkanes) is 2. The lowest BCUT2D eigenvalue weighted by Gasteiger charge is -2.26. The monoisotopic (exact) mass is 379 g/mol. The lowest BCUT2D eigenvalue weighted by Crippen LogP contribution is -2.36. The second-order valence-electron chi connectivity index (χ2n) is 6.75. The largest absolute Gasteiger partial charge is 0.494 e. The van der Waals surface area contributed by atoms with Gasteiger partial charge in [-0.05, 0) is 44.2 Å². The Bertz CT molecular complexity index is 681. The molecule has 0 bridgehead atoms. The molecule has 3 rings (SSSR count). The summed E-state index contributed by atoms with van der Waals surface area (Å²) in [6.45, 7) is 1.55. The van der Waals surface area contributed by atoms with Crippen LogP contribution in [0, 0.1) is 5.92 Å². The van der Waals surface area contributed by atoms with Crippen LogP contribution in [0.2, 0.25) is 0 Å². The standard InChI is InChI=1S/C20H27N3O2.ClH.H2/c1-23(12-6-3-7-13-25-17-8-4-2-5-9-17)20(24)16-10-11-18-19(14-16)22-15-21-18;;/h2,4-5,8-9,15-16H,3,6-7,10-14H2,1H3,(H,21,22);2*1H. The summed E-state index contributed by atoms with van der Waals surface area (Å²) in [6.07, 6.45) is 7.44. The van der Waals surface area contributed by atoms with E-state index < -0.39 is 0 Å². The fourth-order valence-corrected chi connectivity index (χ4v) is 3.37. The number of H-pyrrole nitrogens is 1. The van der Waals surface area contributed by atoms with Gasteiger partial charge in [0.05, 0.1) is 18.6 Å². The topological polar surface area (TPSA) is 58.2 Å². The third kappa shape index (κ3) is 5.49. The van der Waals surface area contributed by atoms with Crippen molar-refractivity contribution in [1.82, 2.24) is 14.9 Å². The van der Waals surface area contributed by atoms with E-state index in [1.54, 1.807) is 6.33 Å². The lowest BCUT2D eigenvalue weighted by atomic mass is 9.89. The second-order valence-corrected chi connectivity index (χ2v) is 6.75. The van der Waals surface area contributed by atoms with E-state index in [0.717, 1.165) is 68.8 Å². The predicted molar refractivity (Wildman–Crippen MR) is 107 cm³/mol. The fourth-order valence-electron chi connectivity index (χ4n) is 3.37. The van der Waals surface area contributed by atoms with Crippen molar-refractivity contribution >= 4 is 18.3 Å². The summed E-state index contributed by atoms with van der Waals surface area (Å²) in [5.41, 5.74) is 2.26. The van der Waals surface area contributed by atoms with E-state index in [1.807, 2.05) is 42.3 Å². The minimum absolute atomic E-state index is 0. The van der Waals surface area contributed by atoms with E-state index in [2.05, 4.69) is 9.97 Å². The number of imidazole rings is 1. The van der Waals surface area contributed by atoms with Crippen molar-refractivity contribution in [1.29, 1.82) is 0 Å². The normalized spacial score (nSPS) is 15.7. The first-order chi connectivity index (χ1) is 12.2. The van der Waals surface area contributed by atoms with Gasteiger partial charge in [0.1, 0.15) is 5.75 Å². The van der Waals surface area contributed by atoms with Crippen LogP contribution in [0.3, 0.4) is 0 Å². The van der Waals surface area contributed by atoms with Gasteiger partial charge in [-0.15, -0.1) is 12.4 Å². The van der Waals surface area contributed by atoms with Crippen LogP contribution in [0.25, 0.3) is 0 Å². The number of carbonyl (C=O) groups excluding carboxylic acids is 1. The minimum atomic E-state index is 0. The summed E-state index contributed by atoms with van der Waals surface area (Å²) in [7, 11) is 1.92. The number of para-hydroxylation sites is 1. The van der Waals surface area contributed by atoms with Crippen LogP contribution in [0.5, 0.6) is 5.75 Å². The Morgan fingerprint density at radius 3 is 2.92 bits per heavy atom. The molecule has 0 saturated carbocycles. The number of aromatic amines is 1. The summed E-state index contributed by atoms with van der Waals surface area (Å²) in [6, 6.07) is 9.89. The van der Waals surface area contributed by atoms with Crippen LogP contribution >= 0.6 is 12.4 Å². The van der Waals surface area contributed by atoms with Gasteiger partial charge in [0.2, 0.25) is 5.91 Å². The van der Waals surface area contributed by atoms with Crippen molar-refractivity contribution in [2.45, 2.75) is 38.5 Å². The molecule has 1 atom stereocenters. The molecule has 1 aromatic carbocycles. The molecule has 1 heterocycles. The van der Waals surface area contributed by atoms with Crippen molar-refractivity contribution in [3.63, 3.8) is 0 Å². The molecule has 0 aliphatic heterocycles. The number of nitrogens with one attached hydrogen (secondary N) is 1. The number of hydrogen-bond donors (Lipinski definition) is 1. The maximum atomic E-state index is 12.6. The summed E-state index contributed by atoms with van der Waals surface area (Å²) >= 11 is 0. The van der Waals surface area contributed by atoms with Gasteiger partial charge in [-0.25, -0.2) is 4.98 Å². The molecule has 0 fully saturated rings. The third-order valence-corrected chi connectivity index (χ3v) is 4.86. The zero-order chi connectivity index (χ0) is 17.5. The molecule has 2 aromatic rings. The Morgan fingerprint density at radius 2 is 2.12 bits per heavy atom. The van der Waals surface area contributed by atoms with E-state index in [-0.39, 0.29) is 25.7 Å². The molecular weight excluding hydrogens is 350 g/mol. The Kier molecular flexibility index (Phi) is 7.98. The Morgan fingerprint density at radius 1 is 1.31 bits per heavy atom. The summed E-state index contributed by atoms with van der Waals surface area (Å²) in [4.78, 5) is 22.0. The number of aromatic nitrogens is 2. The molecule has 144 valence electrons. The van der Waals surface area contributed by atoms with Crippen molar-refractivity contribution in [3.8, 4) is 5.75 Å². The fraction of sp³-hybridized carbons (Fsp3) is 0.500.